The Hall–Kier alpha value is -1.09. The van der Waals surface area contributed by atoms with Gasteiger partial charge in [0.05, 0.1) is 11.5 Å². The summed E-state index contributed by atoms with van der Waals surface area (Å²) in [7, 11) is 1.73. The molecule has 1 aromatic rings. The van der Waals surface area contributed by atoms with E-state index < -0.39 is 0 Å². The van der Waals surface area contributed by atoms with Crippen LogP contribution in [0.2, 0.25) is 0 Å². The van der Waals surface area contributed by atoms with E-state index in [1.54, 1.807) is 18.8 Å². The van der Waals surface area contributed by atoms with E-state index in [1.165, 1.54) is 0 Å². The number of rotatable bonds is 4. The monoisotopic (exact) mass is 221 g/mol. The number of hydrogen-bond acceptors (Lipinski definition) is 3. The number of nitrogens with zero attached hydrogens (tertiary/aromatic N) is 1. The Bertz CT molecular complexity index is 346. The molecule has 0 unspecified atom stereocenters. The van der Waals surface area contributed by atoms with E-state index in [1.807, 2.05) is 30.3 Å². The molecule has 0 aliphatic heterocycles. The lowest BCUT2D eigenvalue weighted by atomic mass is 10.1. The molecule has 0 saturated carbocycles. The maximum absolute atomic E-state index is 11.8. The normalized spacial score (nSPS) is 11.5. The minimum Gasteiger partial charge on any atom is -0.294 e. The minimum absolute atomic E-state index is 0.136. The van der Waals surface area contributed by atoms with E-state index in [4.69, 9.17) is 0 Å². The van der Waals surface area contributed by atoms with Gasteiger partial charge in [-0.2, -0.15) is 0 Å². The van der Waals surface area contributed by atoms with Crippen molar-refractivity contribution >= 4 is 22.6 Å². The second-order valence-corrected chi connectivity index (χ2v) is 4.35. The lowest BCUT2D eigenvalue weighted by Gasteiger charge is -2.02. The highest BCUT2D eigenvalue weighted by Gasteiger charge is 2.08. The van der Waals surface area contributed by atoms with Crippen LogP contribution in [0.1, 0.15) is 23.7 Å². The third kappa shape index (κ3) is 3.88. The Morgan fingerprint density at radius 3 is 2.53 bits per heavy atom. The predicted octanol–water partition coefficient (Wildman–Crippen LogP) is 3.04. The molecule has 0 aliphatic rings. The topological polar surface area (TPSA) is 29.4 Å². The molecule has 0 saturated heterocycles. The molecule has 1 aromatic carbocycles. The van der Waals surface area contributed by atoms with Crippen LogP contribution in [0.5, 0.6) is 0 Å². The van der Waals surface area contributed by atoms with E-state index in [-0.39, 0.29) is 5.78 Å². The molecule has 80 valence electrons. The highest BCUT2D eigenvalue weighted by Crippen LogP contribution is 2.11. The van der Waals surface area contributed by atoms with E-state index in [9.17, 15) is 4.79 Å². The minimum atomic E-state index is 0.136. The van der Waals surface area contributed by atoms with Crippen LogP contribution in [-0.4, -0.2) is 23.6 Å². The third-order valence-corrected chi connectivity index (χ3v) is 2.92. The Balaban J connectivity index is 2.63. The fraction of sp³-hybridized carbons (Fsp3) is 0.333. The van der Waals surface area contributed by atoms with Gasteiger partial charge in [-0.25, -0.2) is 0 Å². The molecule has 0 aliphatic carbocycles. The summed E-state index contributed by atoms with van der Waals surface area (Å²) in [5.41, 5.74) is 0.760. The number of ketones is 1. The Morgan fingerprint density at radius 2 is 2.00 bits per heavy atom. The summed E-state index contributed by atoms with van der Waals surface area (Å²) in [5.74, 6) is 1.09. The zero-order chi connectivity index (χ0) is 11.1. The van der Waals surface area contributed by atoms with Crippen molar-refractivity contribution in [2.45, 2.75) is 13.3 Å². The molecule has 0 radical (unpaired) electrons. The van der Waals surface area contributed by atoms with Crippen molar-refractivity contribution in [3.05, 3.63) is 35.9 Å². The fourth-order valence-electron chi connectivity index (χ4n) is 1.22. The first kappa shape index (κ1) is 12.0. The highest BCUT2D eigenvalue weighted by atomic mass is 32.2. The smallest absolute Gasteiger partial charge is 0.169 e. The standard InChI is InChI=1S/C12H15NOS/c1-3-15-12(13-2)9-11(14)10-7-5-4-6-8-10/h4-8H,3,9H2,1-2H3. The Labute approximate surface area is 94.8 Å². The van der Waals surface area contributed by atoms with Gasteiger partial charge in [0.2, 0.25) is 0 Å². The predicted molar refractivity (Wildman–Crippen MR) is 66.9 cm³/mol. The quantitative estimate of drug-likeness (QED) is 0.444. The van der Waals surface area contributed by atoms with Crippen molar-refractivity contribution in [1.29, 1.82) is 0 Å². The van der Waals surface area contributed by atoms with E-state index in [0.29, 0.717) is 6.42 Å². The van der Waals surface area contributed by atoms with Gasteiger partial charge in [-0.05, 0) is 5.75 Å². The molecule has 0 spiro atoms. The van der Waals surface area contributed by atoms with E-state index in [2.05, 4.69) is 11.9 Å². The molecule has 1 rings (SSSR count). The lowest BCUT2D eigenvalue weighted by Crippen LogP contribution is -2.05. The summed E-state index contributed by atoms with van der Waals surface area (Å²) in [6.45, 7) is 2.06. The van der Waals surface area contributed by atoms with Crippen LogP contribution in [0.3, 0.4) is 0 Å². The molecule has 0 bridgehead atoms. The first-order valence-electron chi connectivity index (χ1n) is 4.94. The molecule has 0 heterocycles. The van der Waals surface area contributed by atoms with Crippen molar-refractivity contribution in [3.63, 3.8) is 0 Å². The van der Waals surface area contributed by atoms with Crippen molar-refractivity contribution < 1.29 is 4.79 Å². The molecule has 0 amide bonds. The average molecular weight is 221 g/mol. The number of benzene rings is 1. The fourth-order valence-corrected chi connectivity index (χ4v) is 1.92. The number of carbonyl (C=O) groups excluding carboxylic acids is 1. The molecular formula is C12H15NOS. The van der Waals surface area contributed by atoms with Gasteiger partial charge in [0.15, 0.2) is 5.78 Å². The second kappa shape index (κ2) is 6.40. The van der Waals surface area contributed by atoms with Gasteiger partial charge >= 0.3 is 0 Å². The molecule has 0 N–H and O–H groups in total. The first-order chi connectivity index (χ1) is 7.27. The highest BCUT2D eigenvalue weighted by molar-refractivity contribution is 8.13. The SMILES string of the molecule is CCSC(CC(=O)c1ccccc1)=NC. The van der Waals surface area contributed by atoms with Crippen LogP contribution < -0.4 is 0 Å². The van der Waals surface area contributed by atoms with Crippen LogP contribution >= 0.6 is 11.8 Å². The molecule has 0 fully saturated rings. The van der Waals surface area contributed by atoms with Gasteiger partial charge < -0.3 is 0 Å². The summed E-state index contributed by atoms with van der Waals surface area (Å²) < 4.78 is 0. The summed E-state index contributed by atoms with van der Waals surface area (Å²) >= 11 is 1.63. The maximum Gasteiger partial charge on any atom is 0.169 e. The third-order valence-electron chi connectivity index (χ3n) is 1.97. The summed E-state index contributed by atoms with van der Waals surface area (Å²) in [5, 5.41) is 0.909. The Kier molecular flexibility index (Phi) is 5.12. The summed E-state index contributed by atoms with van der Waals surface area (Å²) in [6, 6.07) is 9.34. The van der Waals surface area contributed by atoms with Crippen LogP contribution in [0, 0.1) is 0 Å². The first-order valence-corrected chi connectivity index (χ1v) is 5.93. The molecule has 2 nitrogen and oxygen atoms in total. The number of thioether (sulfide) groups is 1. The van der Waals surface area contributed by atoms with Crippen LogP contribution in [0.4, 0.5) is 0 Å². The number of Topliss-reactive ketones (excluding diaryl/α,β-unsaturated/α-hetero) is 1. The maximum atomic E-state index is 11.8. The summed E-state index contributed by atoms with van der Waals surface area (Å²) in [4.78, 5) is 15.9. The second-order valence-electron chi connectivity index (χ2n) is 3.02. The molecule has 0 atom stereocenters. The van der Waals surface area contributed by atoms with Gasteiger partial charge in [-0.3, -0.25) is 9.79 Å². The molecule has 0 aromatic heterocycles. The van der Waals surface area contributed by atoms with Crippen molar-refractivity contribution in [2.24, 2.45) is 4.99 Å². The zero-order valence-corrected chi connectivity index (χ0v) is 9.88. The number of hydrogen-bond donors (Lipinski definition) is 0. The summed E-state index contributed by atoms with van der Waals surface area (Å²) in [6.07, 6.45) is 0.416. The zero-order valence-electron chi connectivity index (χ0n) is 9.06. The number of aliphatic imine (C=N–C) groups is 1. The Morgan fingerprint density at radius 1 is 1.33 bits per heavy atom. The molecule has 15 heavy (non-hydrogen) atoms. The van der Waals surface area contributed by atoms with Gasteiger partial charge in [0.25, 0.3) is 0 Å². The van der Waals surface area contributed by atoms with Crippen molar-refractivity contribution in [1.82, 2.24) is 0 Å². The van der Waals surface area contributed by atoms with Gasteiger partial charge in [0, 0.05) is 12.6 Å². The van der Waals surface area contributed by atoms with Crippen LogP contribution in [-0.2, 0) is 0 Å². The largest absolute Gasteiger partial charge is 0.294 e. The van der Waals surface area contributed by atoms with Crippen molar-refractivity contribution in [2.75, 3.05) is 12.8 Å². The molecule has 3 heteroatoms. The average Bonchev–Trinajstić information content (AvgIpc) is 2.29. The van der Waals surface area contributed by atoms with E-state index in [0.717, 1.165) is 16.4 Å². The van der Waals surface area contributed by atoms with Crippen LogP contribution in [0.25, 0.3) is 0 Å². The van der Waals surface area contributed by atoms with Crippen molar-refractivity contribution in [3.8, 4) is 0 Å². The van der Waals surface area contributed by atoms with Crippen LogP contribution in [0.15, 0.2) is 35.3 Å². The van der Waals surface area contributed by atoms with Gasteiger partial charge in [0.1, 0.15) is 0 Å². The number of carbonyl (C=O) groups is 1. The van der Waals surface area contributed by atoms with E-state index >= 15 is 0 Å². The van der Waals surface area contributed by atoms with Gasteiger partial charge in [-0.15, -0.1) is 11.8 Å². The molecular weight excluding hydrogens is 206 g/mol. The lowest BCUT2D eigenvalue weighted by molar-refractivity contribution is 0.100. The van der Waals surface area contributed by atoms with Gasteiger partial charge in [-0.1, -0.05) is 37.3 Å².